The molecule has 0 heterocycles. The maximum Gasteiger partial charge on any atom is 0.363 e. The largest absolute Gasteiger partial charge is 0.458 e. The van der Waals surface area contributed by atoms with Crippen molar-refractivity contribution in [3.8, 4) is 0 Å². The van der Waals surface area contributed by atoms with E-state index in [-0.39, 0.29) is 6.10 Å². The number of aliphatic hydroxyl groups is 1. The first-order valence-corrected chi connectivity index (χ1v) is 6.95. The first kappa shape index (κ1) is 15.4. The molecule has 0 saturated heterocycles. The van der Waals surface area contributed by atoms with Gasteiger partial charge in [-0.1, -0.05) is 27.2 Å². The molecule has 1 N–H and O–H groups in total. The quantitative estimate of drug-likeness (QED) is 0.607. The molecule has 4 nitrogen and oxygen atoms in total. The summed E-state index contributed by atoms with van der Waals surface area (Å²) >= 11 is 0. The Morgan fingerprint density at radius 2 is 2.06 bits per heavy atom. The van der Waals surface area contributed by atoms with Gasteiger partial charge in [0, 0.05) is 6.61 Å². The molecule has 0 amide bonds. The van der Waals surface area contributed by atoms with E-state index in [1.807, 2.05) is 0 Å². The van der Waals surface area contributed by atoms with Gasteiger partial charge >= 0.3 is 5.97 Å². The van der Waals surface area contributed by atoms with Crippen LogP contribution in [0, 0.1) is 17.8 Å². The fourth-order valence-corrected chi connectivity index (χ4v) is 2.68. The van der Waals surface area contributed by atoms with Crippen LogP contribution in [0.15, 0.2) is 0 Å². The van der Waals surface area contributed by atoms with Gasteiger partial charge in [-0.3, -0.25) is 0 Å². The SMILES string of the molecule is CCOC(O)C(=O)OC1CC(C)CCC1C(C)C. The Morgan fingerprint density at radius 3 is 2.61 bits per heavy atom. The number of hydrogen-bond donors (Lipinski definition) is 1. The lowest BCUT2D eigenvalue weighted by atomic mass is 9.75. The van der Waals surface area contributed by atoms with Gasteiger partial charge in [0.15, 0.2) is 0 Å². The van der Waals surface area contributed by atoms with Crippen LogP contribution in [0.4, 0.5) is 0 Å². The van der Waals surface area contributed by atoms with E-state index >= 15 is 0 Å². The summed E-state index contributed by atoms with van der Waals surface area (Å²) in [6.45, 7) is 8.51. The summed E-state index contributed by atoms with van der Waals surface area (Å²) in [7, 11) is 0. The fraction of sp³-hybridized carbons (Fsp3) is 0.929. The Hall–Kier alpha value is -0.610. The van der Waals surface area contributed by atoms with Crippen LogP contribution in [0.1, 0.15) is 47.0 Å². The summed E-state index contributed by atoms with van der Waals surface area (Å²) in [6.07, 6.45) is 1.62. The average Bonchev–Trinajstić information content (AvgIpc) is 2.28. The third kappa shape index (κ3) is 4.25. The topological polar surface area (TPSA) is 55.8 Å². The molecule has 0 aliphatic heterocycles. The first-order chi connectivity index (χ1) is 8.45. The minimum Gasteiger partial charge on any atom is -0.458 e. The van der Waals surface area contributed by atoms with E-state index in [1.54, 1.807) is 6.92 Å². The number of ether oxygens (including phenoxy) is 2. The van der Waals surface area contributed by atoms with Crippen LogP contribution in [-0.2, 0) is 14.3 Å². The van der Waals surface area contributed by atoms with Crippen molar-refractivity contribution >= 4 is 5.97 Å². The molecule has 0 aromatic carbocycles. The van der Waals surface area contributed by atoms with E-state index in [0.717, 1.165) is 12.8 Å². The minimum absolute atomic E-state index is 0.0867. The van der Waals surface area contributed by atoms with Crippen LogP contribution in [0.2, 0.25) is 0 Å². The highest BCUT2D eigenvalue weighted by Gasteiger charge is 2.34. The van der Waals surface area contributed by atoms with Gasteiger partial charge in [0.1, 0.15) is 6.10 Å². The van der Waals surface area contributed by atoms with Gasteiger partial charge in [-0.25, -0.2) is 4.79 Å². The van der Waals surface area contributed by atoms with Crippen molar-refractivity contribution in [3.63, 3.8) is 0 Å². The summed E-state index contributed by atoms with van der Waals surface area (Å²) in [5, 5.41) is 9.44. The van der Waals surface area contributed by atoms with Gasteiger partial charge in [-0.05, 0) is 37.5 Å². The van der Waals surface area contributed by atoms with Crippen molar-refractivity contribution < 1.29 is 19.4 Å². The molecule has 1 aliphatic carbocycles. The van der Waals surface area contributed by atoms with Crippen LogP contribution >= 0.6 is 0 Å². The van der Waals surface area contributed by atoms with Crippen LogP contribution < -0.4 is 0 Å². The molecule has 4 unspecified atom stereocenters. The standard InChI is InChI=1S/C14H26O4/c1-5-17-13(15)14(16)18-12-8-10(4)6-7-11(12)9(2)3/h9-13,15H,5-8H2,1-4H3. The zero-order chi connectivity index (χ0) is 13.7. The van der Waals surface area contributed by atoms with Crippen molar-refractivity contribution in [3.05, 3.63) is 0 Å². The fourth-order valence-electron chi connectivity index (χ4n) is 2.68. The second kappa shape index (κ2) is 7.10. The molecular weight excluding hydrogens is 232 g/mol. The molecule has 0 aromatic heterocycles. The van der Waals surface area contributed by atoms with Crippen molar-refractivity contribution in [2.45, 2.75) is 59.4 Å². The monoisotopic (exact) mass is 258 g/mol. The lowest BCUT2D eigenvalue weighted by molar-refractivity contribution is -0.193. The van der Waals surface area contributed by atoms with E-state index in [1.165, 1.54) is 6.42 Å². The normalized spacial score (nSPS) is 30.2. The van der Waals surface area contributed by atoms with Crippen LogP contribution in [-0.4, -0.2) is 30.1 Å². The Kier molecular flexibility index (Phi) is 6.09. The van der Waals surface area contributed by atoms with Crippen molar-refractivity contribution in [1.29, 1.82) is 0 Å². The smallest absolute Gasteiger partial charge is 0.363 e. The predicted octanol–water partition coefficient (Wildman–Crippen LogP) is 2.35. The average molecular weight is 258 g/mol. The maximum atomic E-state index is 11.7. The van der Waals surface area contributed by atoms with E-state index in [0.29, 0.717) is 24.4 Å². The molecule has 1 fully saturated rings. The van der Waals surface area contributed by atoms with Gasteiger partial charge in [-0.15, -0.1) is 0 Å². The molecule has 4 heteroatoms. The Morgan fingerprint density at radius 1 is 1.39 bits per heavy atom. The van der Waals surface area contributed by atoms with Crippen molar-refractivity contribution in [1.82, 2.24) is 0 Å². The number of carbonyl (C=O) groups excluding carboxylic acids is 1. The van der Waals surface area contributed by atoms with Gasteiger partial charge in [0.2, 0.25) is 0 Å². The minimum atomic E-state index is -1.44. The van der Waals surface area contributed by atoms with Gasteiger partial charge in [0.25, 0.3) is 6.29 Å². The molecule has 0 radical (unpaired) electrons. The Labute approximate surface area is 110 Å². The number of carbonyl (C=O) groups is 1. The molecule has 1 rings (SSSR count). The third-order valence-corrected chi connectivity index (χ3v) is 3.76. The maximum absolute atomic E-state index is 11.7. The zero-order valence-electron chi connectivity index (χ0n) is 11.9. The summed E-state index contributed by atoms with van der Waals surface area (Å²) in [6, 6.07) is 0. The van der Waals surface area contributed by atoms with E-state index in [9.17, 15) is 9.90 Å². The van der Waals surface area contributed by atoms with Crippen LogP contribution in [0.3, 0.4) is 0 Å². The van der Waals surface area contributed by atoms with Gasteiger partial charge in [-0.2, -0.15) is 0 Å². The summed E-state index contributed by atoms with van der Waals surface area (Å²) < 4.78 is 10.3. The van der Waals surface area contributed by atoms with Crippen molar-refractivity contribution in [2.24, 2.45) is 17.8 Å². The lowest BCUT2D eigenvalue weighted by Gasteiger charge is -2.36. The Bertz CT molecular complexity index is 265. The second-order valence-electron chi connectivity index (χ2n) is 5.61. The lowest BCUT2D eigenvalue weighted by Crippen LogP contribution is -2.39. The zero-order valence-corrected chi connectivity index (χ0v) is 11.9. The van der Waals surface area contributed by atoms with E-state index < -0.39 is 12.3 Å². The summed E-state index contributed by atoms with van der Waals surface area (Å²) in [5.41, 5.74) is 0. The molecule has 1 saturated carbocycles. The molecule has 1 aliphatic rings. The first-order valence-electron chi connectivity index (χ1n) is 6.95. The number of hydrogen-bond acceptors (Lipinski definition) is 4. The highest BCUT2D eigenvalue weighted by Crippen LogP contribution is 2.35. The van der Waals surface area contributed by atoms with Crippen LogP contribution in [0.5, 0.6) is 0 Å². The van der Waals surface area contributed by atoms with Crippen LogP contribution in [0.25, 0.3) is 0 Å². The summed E-state index contributed by atoms with van der Waals surface area (Å²) in [5.74, 6) is 0.794. The summed E-state index contributed by atoms with van der Waals surface area (Å²) in [4.78, 5) is 11.7. The predicted molar refractivity (Wildman–Crippen MR) is 68.9 cm³/mol. The van der Waals surface area contributed by atoms with Crippen molar-refractivity contribution in [2.75, 3.05) is 6.61 Å². The van der Waals surface area contributed by atoms with E-state index in [4.69, 9.17) is 9.47 Å². The molecule has 18 heavy (non-hydrogen) atoms. The Balaban J connectivity index is 2.57. The molecule has 0 aromatic rings. The number of rotatable bonds is 5. The molecule has 0 spiro atoms. The molecule has 4 atom stereocenters. The highest BCUT2D eigenvalue weighted by molar-refractivity contribution is 5.73. The third-order valence-electron chi connectivity index (χ3n) is 3.76. The number of esters is 1. The molecular formula is C14H26O4. The second-order valence-corrected chi connectivity index (χ2v) is 5.61. The molecule has 106 valence electrons. The highest BCUT2D eigenvalue weighted by atomic mass is 16.7. The van der Waals surface area contributed by atoms with Gasteiger partial charge in [0.05, 0.1) is 0 Å². The molecule has 0 bridgehead atoms. The van der Waals surface area contributed by atoms with E-state index in [2.05, 4.69) is 20.8 Å². The number of aliphatic hydroxyl groups excluding tert-OH is 1. The van der Waals surface area contributed by atoms with Gasteiger partial charge < -0.3 is 14.6 Å².